The summed E-state index contributed by atoms with van der Waals surface area (Å²) in [4.78, 5) is 16.5. The van der Waals surface area contributed by atoms with Crippen LogP contribution < -0.4 is 11.5 Å². The van der Waals surface area contributed by atoms with E-state index in [-0.39, 0.29) is 22.0 Å². The predicted octanol–water partition coefficient (Wildman–Crippen LogP) is 2.17. The van der Waals surface area contributed by atoms with Gasteiger partial charge in [-0.1, -0.05) is 17.7 Å². The van der Waals surface area contributed by atoms with Crippen LogP contribution in [0.1, 0.15) is 18.0 Å². The van der Waals surface area contributed by atoms with E-state index < -0.39 is 24.1 Å². The Labute approximate surface area is 186 Å². The largest absolute Gasteiger partial charge is 0.388 e. The number of nitrogen functional groups attached to an aromatic ring is 2. The van der Waals surface area contributed by atoms with Gasteiger partial charge in [0.05, 0.1) is 22.9 Å². The number of rotatable bonds is 4. The number of pyridine rings is 1. The summed E-state index contributed by atoms with van der Waals surface area (Å²) in [7, 11) is 0. The standard InChI is InChI=1S/C21H19ClFN7O2/c22-12-6-11-13(23)3-9(4-14(11)29-19(12)24)1-2-10-5-15(18(32)17(10)31)30-8-28-16-20(25)26-7-27-21(16)30/h3-8,15,17-18,31-32H,1-2H2,(H2,24,29)(H2,25,26,27)/t15-,17-,18+/m1/s1. The molecule has 1 aromatic carbocycles. The van der Waals surface area contributed by atoms with Crippen LogP contribution in [0.15, 0.2) is 42.5 Å². The molecule has 5 rings (SSSR count). The Morgan fingerprint density at radius 1 is 1.06 bits per heavy atom. The summed E-state index contributed by atoms with van der Waals surface area (Å²) in [6.45, 7) is 0. The van der Waals surface area contributed by atoms with Gasteiger partial charge in [-0.3, -0.25) is 0 Å². The lowest BCUT2D eigenvalue weighted by molar-refractivity contribution is 0.0316. The molecule has 164 valence electrons. The third kappa shape index (κ3) is 3.32. The first kappa shape index (κ1) is 20.6. The molecule has 3 heterocycles. The second-order valence-electron chi connectivity index (χ2n) is 7.75. The van der Waals surface area contributed by atoms with Crippen molar-refractivity contribution in [3.8, 4) is 0 Å². The molecule has 0 fully saturated rings. The molecule has 0 saturated carbocycles. The molecule has 3 atom stereocenters. The van der Waals surface area contributed by atoms with Gasteiger partial charge in [-0.15, -0.1) is 0 Å². The predicted molar refractivity (Wildman–Crippen MR) is 118 cm³/mol. The molecule has 0 unspecified atom stereocenters. The smallest absolute Gasteiger partial charge is 0.166 e. The fraction of sp³-hybridized carbons (Fsp3) is 0.238. The normalized spacial score (nSPS) is 20.9. The second kappa shape index (κ2) is 7.66. The van der Waals surface area contributed by atoms with Gasteiger partial charge < -0.3 is 26.2 Å². The van der Waals surface area contributed by atoms with Gasteiger partial charge in [0.1, 0.15) is 35.7 Å². The fourth-order valence-electron chi connectivity index (χ4n) is 4.10. The molecular formula is C21H19ClFN7O2. The number of halogens is 2. The van der Waals surface area contributed by atoms with Gasteiger partial charge in [-0.2, -0.15) is 0 Å². The molecule has 0 radical (unpaired) electrons. The summed E-state index contributed by atoms with van der Waals surface area (Å²) >= 11 is 5.94. The van der Waals surface area contributed by atoms with Crippen molar-refractivity contribution in [3.63, 3.8) is 0 Å². The maximum Gasteiger partial charge on any atom is 0.166 e. The van der Waals surface area contributed by atoms with Gasteiger partial charge in [0.15, 0.2) is 11.5 Å². The van der Waals surface area contributed by atoms with Gasteiger partial charge >= 0.3 is 0 Å². The van der Waals surface area contributed by atoms with Crippen molar-refractivity contribution in [2.75, 3.05) is 11.5 Å². The summed E-state index contributed by atoms with van der Waals surface area (Å²) in [6.07, 6.45) is 3.29. The minimum absolute atomic E-state index is 0.132. The van der Waals surface area contributed by atoms with E-state index >= 15 is 0 Å². The number of aliphatic hydroxyl groups excluding tert-OH is 2. The molecule has 4 aromatic rings. The summed E-state index contributed by atoms with van der Waals surface area (Å²) < 4.78 is 16.2. The minimum Gasteiger partial charge on any atom is -0.388 e. The molecule has 1 aliphatic rings. The van der Waals surface area contributed by atoms with Crippen molar-refractivity contribution in [3.05, 3.63) is 58.9 Å². The zero-order chi connectivity index (χ0) is 22.6. The van der Waals surface area contributed by atoms with Crippen LogP contribution in [-0.4, -0.2) is 46.9 Å². The first-order chi connectivity index (χ1) is 15.3. The van der Waals surface area contributed by atoms with Crippen LogP contribution in [0.5, 0.6) is 0 Å². The van der Waals surface area contributed by atoms with Crippen LogP contribution in [-0.2, 0) is 6.42 Å². The zero-order valence-corrected chi connectivity index (χ0v) is 17.4. The molecule has 0 bridgehead atoms. The highest BCUT2D eigenvalue weighted by Gasteiger charge is 2.36. The second-order valence-corrected chi connectivity index (χ2v) is 8.16. The van der Waals surface area contributed by atoms with Crippen molar-refractivity contribution in [2.24, 2.45) is 0 Å². The number of benzene rings is 1. The number of anilines is 2. The van der Waals surface area contributed by atoms with Crippen LogP contribution in [0.4, 0.5) is 16.0 Å². The number of hydrogen-bond donors (Lipinski definition) is 4. The average Bonchev–Trinajstić information content (AvgIpc) is 3.31. The number of aliphatic hydroxyl groups is 2. The van der Waals surface area contributed by atoms with Crippen molar-refractivity contribution < 1.29 is 14.6 Å². The molecule has 11 heteroatoms. The number of fused-ring (bicyclic) bond motifs is 2. The van der Waals surface area contributed by atoms with Crippen molar-refractivity contribution in [1.29, 1.82) is 0 Å². The Bertz CT molecular complexity index is 1390. The fourth-order valence-corrected chi connectivity index (χ4v) is 4.25. The van der Waals surface area contributed by atoms with Crippen LogP contribution in [0.25, 0.3) is 22.1 Å². The monoisotopic (exact) mass is 455 g/mol. The highest BCUT2D eigenvalue weighted by molar-refractivity contribution is 6.33. The van der Waals surface area contributed by atoms with Gasteiger partial charge in [0.2, 0.25) is 0 Å². The highest BCUT2D eigenvalue weighted by Crippen LogP contribution is 2.34. The van der Waals surface area contributed by atoms with E-state index in [9.17, 15) is 14.6 Å². The minimum atomic E-state index is -1.09. The number of aryl methyl sites for hydroxylation is 1. The van der Waals surface area contributed by atoms with E-state index in [1.54, 1.807) is 16.7 Å². The lowest BCUT2D eigenvalue weighted by Crippen LogP contribution is -2.29. The average molecular weight is 456 g/mol. The van der Waals surface area contributed by atoms with Crippen molar-refractivity contribution in [2.45, 2.75) is 31.1 Å². The maximum absolute atomic E-state index is 14.6. The third-order valence-electron chi connectivity index (χ3n) is 5.77. The third-order valence-corrected chi connectivity index (χ3v) is 6.08. The van der Waals surface area contributed by atoms with Crippen molar-refractivity contribution >= 4 is 45.3 Å². The Hall–Kier alpha value is -3.34. The summed E-state index contributed by atoms with van der Waals surface area (Å²) in [5, 5.41) is 21.7. The molecule has 6 N–H and O–H groups in total. The first-order valence-electron chi connectivity index (χ1n) is 9.87. The highest BCUT2D eigenvalue weighted by atomic mass is 35.5. The van der Waals surface area contributed by atoms with Crippen molar-refractivity contribution in [1.82, 2.24) is 24.5 Å². The van der Waals surface area contributed by atoms with Gasteiger partial charge in [0.25, 0.3) is 0 Å². The van der Waals surface area contributed by atoms with E-state index in [0.717, 1.165) is 0 Å². The molecule has 0 saturated heterocycles. The number of aromatic nitrogens is 5. The summed E-state index contributed by atoms with van der Waals surface area (Å²) in [6, 6.07) is 4.03. The SMILES string of the molecule is Nc1nc2cc(CCC3=C[C@@H](n4cnc5c(N)ncnc54)[C@H](O)[C@@H]3O)cc(F)c2cc1Cl. The lowest BCUT2D eigenvalue weighted by atomic mass is 10.0. The number of imidazole rings is 1. The summed E-state index contributed by atoms with van der Waals surface area (Å²) in [5.74, 6) is -0.0830. The molecular weight excluding hydrogens is 437 g/mol. The van der Waals surface area contributed by atoms with E-state index in [2.05, 4.69) is 19.9 Å². The summed E-state index contributed by atoms with van der Waals surface area (Å²) in [5.41, 5.74) is 14.2. The maximum atomic E-state index is 14.6. The van der Waals surface area contributed by atoms with Gasteiger partial charge in [-0.25, -0.2) is 24.3 Å². The zero-order valence-electron chi connectivity index (χ0n) is 16.7. The van der Waals surface area contributed by atoms with E-state index in [1.165, 1.54) is 24.8 Å². The molecule has 32 heavy (non-hydrogen) atoms. The Kier molecular flexibility index (Phi) is 4.92. The van der Waals surface area contributed by atoms with Gasteiger partial charge in [-0.05, 0) is 42.2 Å². The molecule has 0 aliphatic heterocycles. The molecule has 3 aromatic heterocycles. The molecule has 0 amide bonds. The van der Waals surface area contributed by atoms with Crippen LogP contribution in [0.2, 0.25) is 5.02 Å². The first-order valence-corrected chi connectivity index (χ1v) is 10.2. The Balaban J connectivity index is 1.42. The lowest BCUT2D eigenvalue weighted by Gasteiger charge is -2.19. The molecule has 0 spiro atoms. The van der Waals surface area contributed by atoms with E-state index in [4.69, 9.17) is 23.1 Å². The quantitative estimate of drug-likeness (QED) is 0.342. The van der Waals surface area contributed by atoms with Crippen LogP contribution >= 0.6 is 11.6 Å². The Morgan fingerprint density at radius 3 is 2.69 bits per heavy atom. The van der Waals surface area contributed by atoms with Crippen LogP contribution in [0.3, 0.4) is 0 Å². The Morgan fingerprint density at radius 2 is 1.88 bits per heavy atom. The topological polar surface area (TPSA) is 149 Å². The van der Waals surface area contributed by atoms with E-state index in [0.29, 0.717) is 40.7 Å². The van der Waals surface area contributed by atoms with E-state index in [1.807, 2.05) is 0 Å². The van der Waals surface area contributed by atoms with Crippen LogP contribution in [0, 0.1) is 5.82 Å². The number of hydrogen-bond acceptors (Lipinski definition) is 8. The van der Waals surface area contributed by atoms with Gasteiger partial charge in [0, 0.05) is 5.39 Å². The number of nitrogens with zero attached hydrogens (tertiary/aromatic N) is 5. The molecule has 9 nitrogen and oxygen atoms in total. The number of nitrogens with two attached hydrogens (primary N) is 2. The molecule has 1 aliphatic carbocycles.